The molecular formula is C18H20BrNO. The second-order valence-corrected chi connectivity index (χ2v) is 6.55. The minimum atomic E-state index is -0.455. The number of hydrogen-bond donors (Lipinski definition) is 1. The fraction of sp³-hybridized carbons (Fsp3) is 0.333. The molecule has 2 nitrogen and oxygen atoms in total. The van der Waals surface area contributed by atoms with E-state index in [0.717, 1.165) is 41.7 Å². The number of hydrogen-bond acceptors (Lipinski definition) is 2. The van der Waals surface area contributed by atoms with Gasteiger partial charge in [0, 0.05) is 28.8 Å². The molecule has 0 saturated carbocycles. The molecule has 0 aliphatic carbocycles. The third-order valence-corrected chi connectivity index (χ3v) is 4.69. The highest BCUT2D eigenvalue weighted by Gasteiger charge is 2.18. The number of halogens is 1. The molecule has 1 atom stereocenters. The van der Waals surface area contributed by atoms with Gasteiger partial charge in [0.05, 0.1) is 6.10 Å². The van der Waals surface area contributed by atoms with Crippen LogP contribution < -0.4 is 4.90 Å². The van der Waals surface area contributed by atoms with Crippen molar-refractivity contribution in [3.05, 3.63) is 63.6 Å². The maximum atomic E-state index is 10.1. The SMILES string of the molecule is CC(O)c1cc(Br)ccc1N1CCc2ccccc2CC1. The van der Waals surface area contributed by atoms with Gasteiger partial charge in [0.1, 0.15) is 0 Å². The van der Waals surface area contributed by atoms with Gasteiger partial charge in [0.15, 0.2) is 0 Å². The van der Waals surface area contributed by atoms with Crippen LogP contribution in [0.2, 0.25) is 0 Å². The summed E-state index contributed by atoms with van der Waals surface area (Å²) in [7, 11) is 0. The van der Waals surface area contributed by atoms with E-state index in [1.54, 1.807) is 0 Å². The number of nitrogens with zero attached hydrogens (tertiary/aromatic N) is 1. The van der Waals surface area contributed by atoms with Gasteiger partial charge in [-0.3, -0.25) is 0 Å². The minimum Gasteiger partial charge on any atom is -0.389 e. The lowest BCUT2D eigenvalue weighted by atomic mass is 10.0. The van der Waals surface area contributed by atoms with Gasteiger partial charge in [-0.1, -0.05) is 40.2 Å². The van der Waals surface area contributed by atoms with Crippen LogP contribution in [0.15, 0.2) is 46.9 Å². The van der Waals surface area contributed by atoms with Crippen LogP contribution in [0.4, 0.5) is 5.69 Å². The smallest absolute Gasteiger partial charge is 0.0782 e. The molecule has 0 saturated heterocycles. The Kier molecular flexibility index (Phi) is 4.32. The van der Waals surface area contributed by atoms with Crippen LogP contribution in [-0.4, -0.2) is 18.2 Å². The van der Waals surface area contributed by atoms with Crippen LogP contribution in [-0.2, 0) is 12.8 Å². The van der Waals surface area contributed by atoms with E-state index >= 15 is 0 Å². The number of aliphatic hydroxyl groups is 1. The molecule has 0 amide bonds. The summed E-state index contributed by atoms with van der Waals surface area (Å²) in [5.41, 5.74) is 5.06. The van der Waals surface area contributed by atoms with Crippen LogP contribution in [0, 0.1) is 0 Å². The number of benzene rings is 2. The third kappa shape index (κ3) is 3.14. The quantitative estimate of drug-likeness (QED) is 0.885. The van der Waals surface area contributed by atoms with Crippen LogP contribution in [0.1, 0.15) is 29.7 Å². The molecule has 1 aliphatic heterocycles. The van der Waals surface area contributed by atoms with Gasteiger partial charge in [-0.25, -0.2) is 0 Å². The molecule has 0 spiro atoms. The van der Waals surface area contributed by atoms with E-state index in [1.807, 2.05) is 13.0 Å². The van der Waals surface area contributed by atoms with E-state index in [9.17, 15) is 5.11 Å². The van der Waals surface area contributed by atoms with Crippen LogP contribution in [0.25, 0.3) is 0 Å². The average molecular weight is 346 g/mol. The molecule has 3 rings (SSSR count). The van der Waals surface area contributed by atoms with Crippen molar-refractivity contribution in [1.29, 1.82) is 0 Å². The summed E-state index contributed by atoms with van der Waals surface area (Å²) in [4.78, 5) is 2.40. The number of rotatable bonds is 2. The van der Waals surface area contributed by atoms with Crippen molar-refractivity contribution in [1.82, 2.24) is 0 Å². The largest absolute Gasteiger partial charge is 0.389 e. The Labute approximate surface area is 134 Å². The highest BCUT2D eigenvalue weighted by atomic mass is 79.9. The van der Waals surface area contributed by atoms with Gasteiger partial charge in [0.2, 0.25) is 0 Å². The molecule has 0 aromatic heterocycles. The summed E-state index contributed by atoms with van der Waals surface area (Å²) in [6.45, 7) is 3.83. The number of anilines is 1. The van der Waals surface area contributed by atoms with Gasteiger partial charge < -0.3 is 10.0 Å². The molecule has 1 unspecified atom stereocenters. The lowest BCUT2D eigenvalue weighted by molar-refractivity contribution is 0.199. The zero-order valence-corrected chi connectivity index (χ0v) is 13.8. The summed E-state index contributed by atoms with van der Waals surface area (Å²) in [6.07, 6.45) is 1.67. The molecule has 1 aliphatic rings. The Morgan fingerprint density at radius 2 is 1.67 bits per heavy atom. The first-order valence-corrected chi connectivity index (χ1v) is 8.23. The topological polar surface area (TPSA) is 23.5 Å². The maximum Gasteiger partial charge on any atom is 0.0782 e. The predicted molar refractivity (Wildman–Crippen MR) is 90.8 cm³/mol. The van der Waals surface area contributed by atoms with E-state index < -0.39 is 6.10 Å². The summed E-state index contributed by atoms with van der Waals surface area (Å²) in [5.74, 6) is 0. The van der Waals surface area contributed by atoms with Crippen LogP contribution >= 0.6 is 15.9 Å². The highest BCUT2D eigenvalue weighted by Crippen LogP contribution is 2.31. The summed E-state index contributed by atoms with van der Waals surface area (Å²) < 4.78 is 1.01. The van der Waals surface area contributed by atoms with E-state index in [1.165, 1.54) is 11.1 Å². The predicted octanol–water partition coefficient (Wildman–Crippen LogP) is 4.11. The third-order valence-electron chi connectivity index (χ3n) is 4.20. The van der Waals surface area contributed by atoms with Crippen molar-refractivity contribution >= 4 is 21.6 Å². The van der Waals surface area contributed by atoms with Gasteiger partial charge in [-0.2, -0.15) is 0 Å². The van der Waals surface area contributed by atoms with E-state index in [4.69, 9.17) is 0 Å². The molecular weight excluding hydrogens is 326 g/mol. The Bertz CT molecular complexity index is 612. The first kappa shape index (κ1) is 14.6. The molecule has 3 heteroatoms. The van der Waals surface area contributed by atoms with Gasteiger partial charge in [-0.05, 0) is 49.1 Å². The molecule has 0 bridgehead atoms. The summed E-state index contributed by atoms with van der Waals surface area (Å²) in [6, 6.07) is 14.9. The average Bonchev–Trinajstić information content (AvgIpc) is 2.70. The van der Waals surface area contributed by atoms with Crippen molar-refractivity contribution in [2.45, 2.75) is 25.9 Å². The molecule has 0 radical (unpaired) electrons. The lowest BCUT2D eigenvalue weighted by Gasteiger charge is -2.26. The first-order chi connectivity index (χ1) is 10.1. The Balaban J connectivity index is 1.89. The fourth-order valence-corrected chi connectivity index (χ4v) is 3.44. The zero-order chi connectivity index (χ0) is 14.8. The van der Waals surface area contributed by atoms with Crippen LogP contribution in [0.3, 0.4) is 0 Å². The van der Waals surface area contributed by atoms with Crippen molar-refractivity contribution < 1.29 is 5.11 Å². The number of fused-ring (bicyclic) bond motifs is 1. The zero-order valence-electron chi connectivity index (χ0n) is 12.2. The Hall–Kier alpha value is -1.32. The van der Waals surface area contributed by atoms with Crippen molar-refractivity contribution in [3.63, 3.8) is 0 Å². The van der Waals surface area contributed by atoms with E-state index in [0.29, 0.717) is 0 Å². The second kappa shape index (κ2) is 6.20. The van der Waals surface area contributed by atoms with Gasteiger partial charge in [0.25, 0.3) is 0 Å². The van der Waals surface area contributed by atoms with Crippen molar-refractivity contribution in [3.8, 4) is 0 Å². The summed E-state index contributed by atoms with van der Waals surface area (Å²) >= 11 is 3.50. The van der Waals surface area contributed by atoms with Crippen LogP contribution in [0.5, 0.6) is 0 Å². The molecule has 1 heterocycles. The number of aliphatic hydroxyl groups excluding tert-OH is 1. The summed E-state index contributed by atoms with van der Waals surface area (Å²) in [5, 5.41) is 10.1. The molecule has 1 N–H and O–H groups in total. The second-order valence-electron chi connectivity index (χ2n) is 5.63. The molecule has 2 aromatic carbocycles. The lowest BCUT2D eigenvalue weighted by Crippen LogP contribution is -2.27. The standard InChI is InChI=1S/C18H20BrNO/c1-13(21)17-12-16(19)6-7-18(17)20-10-8-14-4-2-3-5-15(14)9-11-20/h2-7,12-13,21H,8-11H2,1H3. The normalized spacial score (nSPS) is 16.2. The van der Waals surface area contributed by atoms with Crippen molar-refractivity contribution in [2.24, 2.45) is 0 Å². The Morgan fingerprint density at radius 3 is 2.24 bits per heavy atom. The maximum absolute atomic E-state index is 10.1. The van der Waals surface area contributed by atoms with E-state index in [-0.39, 0.29) is 0 Å². The molecule has 0 fully saturated rings. The van der Waals surface area contributed by atoms with Gasteiger partial charge in [-0.15, -0.1) is 0 Å². The van der Waals surface area contributed by atoms with E-state index in [2.05, 4.69) is 57.2 Å². The molecule has 21 heavy (non-hydrogen) atoms. The fourth-order valence-electron chi connectivity index (χ4n) is 3.06. The minimum absolute atomic E-state index is 0.455. The monoisotopic (exact) mass is 345 g/mol. The first-order valence-electron chi connectivity index (χ1n) is 7.44. The Morgan fingerprint density at radius 1 is 1.05 bits per heavy atom. The van der Waals surface area contributed by atoms with Crippen molar-refractivity contribution in [2.75, 3.05) is 18.0 Å². The highest BCUT2D eigenvalue weighted by molar-refractivity contribution is 9.10. The van der Waals surface area contributed by atoms with Gasteiger partial charge >= 0.3 is 0 Å². The molecule has 110 valence electrons. The molecule has 2 aromatic rings.